The van der Waals surface area contributed by atoms with Crippen molar-refractivity contribution < 1.29 is 4.79 Å². The Bertz CT molecular complexity index is 618. The zero-order valence-corrected chi connectivity index (χ0v) is 14.8. The van der Waals surface area contributed by atoms with Gasteiger partial charge in [-0.1, -0.05) is 30.3 Å². The second kappa shape index (κ2) is 8.48. The van der Waals surface area contributed by atoms with E-state index in [9.17, 15) is 4.79 Å². The number of carbonyl (C=O) groups excluding carboxylic acids is 1. The third-order valence-corrected chi connectivity index (χ3v) is 5.33. The molecule has 1 aliphatic rings. The van der Waals surface area contributed by atoms with Crippen molar-refractivity contribution in [2.45, 2.75) is 32.2 Å². The minimum absolute atomic E-state index is 0. The van der Waals surface area contributed by atoms with Gasteiger partial charge in [0.25, 0.3) is 5.91 Å². The zero-order valence-electron chi connectivity index (χ0n) is 13.2. The van der Waals surface area contributed by atoms with E-state index >= 15 is 0 Å². The van der Waals surface area contributed by atoms with Gasteiger partial charge in [0.05, 0.1) is 4.88 Å². The van der Waals surface area contributed by atoms with Crippen molar-refractivity contribution in [2.24, 2.45) is 5.73 Å². The maximum absolute atomic E-state index is 12.8. The highest BCUT2D eigenvalue weighted by Gasteiger charge is 2.21. The van der Waals surface area contributed by atoms with Gasteiger partial charge in [0.15, 0.2) is 0 Å². The highest BCUT2D eigenvalue weighted by Crippen LogP contribution is 2.30. The molecule has 1 amide bonds. The lowest BCUT2D eigenvalue weighted by molar-refractivity contribution is 0.0753. The summed E-state index contributed by atoms with van der Waals surface area (Å²) in [7, 11) is 0. The van der Waals surface area contributed by atoms with Gasteiger partial charge in [0.1, 0.15) is 0 Å². The first kappa shape index (κ1) is 18.0. The van der Waals surface area contributed by atoms with Gasteiger partial charge in [-0.15, -0.1) is 23.7 Å². The number of nitrogens with two attached hydrogens (primary N) is 1. The normalized spacial score (nSPS) is 13.1. The first-order valence-electron chi connectivity index (χ1n) is 7.93. The summed E-state index contributed by atoms with van der Waals surface area (Å²) in [6.07, 6.45) is 4.74. The molecule has 0 saturated heterocycles. The van der Waals surface area contributed by atoms with Crippen LogP contribution >= 0.6 is 23.7 Å². The summed E-state index contributed by atoms with van der Waals surface area (Å²) in [5.41, 5.74) is 8.23. The molecule has 0 bridgehead atoms. The van der Waals surface area contributed by atoms with Crippen LogP contribution in [-0.2, 0) is 19.4 Å². The van der Waals surface area contributed by atoms with Crippen LogP contribution in [-0.4, -0.2) is 23.9 Å². The molecule has 0 fully saturated rings. The molecule has 1 aliphatic carbocycles. The summed E-state index contributed by atoms with van der Waals surface area (Å²) < 4.78 is 0. The molecule has 23 heavy (non-hydrogen) atoms. The van der Waals surface area contributed by atoms with E-state index in [2.05, 4.69) is 18.2 Å². The molecule has 0 atom stereocenters. The molecule has 3 rings (SSSR count). The van der Waals surface area contributed by atoms with E-state index in [-0.39, 0.29) is 18.3 Å². The number of amides is 1. The van der Waals surface area contributed by atoms with Crippen LogP contribution in [0.1, 0.15) is 38.5 Å². The lowest BCUT2D eigenvalue weighted by Gasteiger charge is -2.21. The fourth-order valence-electron chi connectivity index (χ4n) is 2.96. The molecule has 2 aromatic rings. The Hall–Kier alpha value is -1.36. The third kappa shape index (κ3) is 4.34. The monoisotopic (exact) mass is 350 g/mol. The quantitative estimate of drug-likeness (QED) is 0.894. The summed E-state index contributed by atoms with van der Waals surface area (Å²) in [5.74, 6) is 0.119. The molecule has 0 radical (unpaired) electrons. The highest BCUT2D eigenvalue weighted by atomic mass is 35.5. The summed E-state index contributed by atoms with van der Waals surface area (Å²) in [5, 5.41) is 0. The van der Waals surface area contributed by atoms with Crippen LogP contribution in [0.4, 0.5) is 0 Å². The number of carbonyl (C=O) groups is 1. The molecule has 1 aromatic heterocycles. The van der Waals surface area contributed by atoms with Gasteiger partial charge < -0.3 is 10.6 Å². The number of aryl methyl sites for hydroxylation is 2. The number of benzene rings is 1. The van der Waals surface area contributed by atoms with Crippen LogP contribution in [0.2, 0.25) is 0 Å². The lowest BCUT2D eigenvalue weighted by Crippen LogP contribution is -2.34. The molecule has 1 aromatic carbocycles. The molecular formula is C18H23ClN2OS. The number of thiophene rings is 1. The van der Waals surface area contributed by atoms with E-state index in [4.69, 9.17) is 5.73 Å². The number of rotatable bonds is 5. The fraction of sp³-hybridized carbons (Fsp3) is 0.389. The summed E-state index contributed by atoms with van der Waals surface area (Å²) in [4.78, 5) is 17.0. The van der Waals surface area contributed by atoms with Crippen molar-refractivity contribution >= 4 is 29.7 Å². The summed E-state index contributed by atoms with van der Waals surface area (Å²) in [6.45, 7) is 1.71. The Morgan fingerprint density at radius 3 is 2.61 bits per heavy atom. The first-order chi connectivity index (χ1) is 10.8. The summed E-state index contributed by atoms with van der Waals surface area (Å²) in [6, 6.07) is 12.2. The summed E-state index contributed by atoms with van der Waals surface area (Å²) >= 11 is 1.68. The molecule has 124 valence electrons. The van der Waals surface area contributed by atoms with Gasteiger partial charge in [-0.05, 0) is 42.9 Å². The predicted octanol–water partition coefficient (Wildman–Crippen LogP) is 3.65. The predicted molar refractivity (Wildman–Crippen MR) is 98.4 cm³/mol. The Morgan fingerprint density at radius 2 is 1.91 bits per heavy atom. The van der Waals surface area contributed by atoms with Gasteiger partial charge in [-0.25, -0.2) is 0 Å². The number of nitrogens with zero attached hydrogens (tertiary/aromatic N) is 1. The molecule has 2 N–H and O–H groups in total. The number of hydrogen-bond acceptors (Lipinski definition) is 3. The SMILES string of the molecule is Cl.NCCN(Cc1ccccc1)C(=O)c1cc2c(s1)CCCC2. The number of fused-ring (bicyclic) bond motifs is 1. The van der Waals surface area contributed by atoms with Crippen LogP contribution in [0.3, 0.4) is 0 Å². The number of hydrogen-bond donors (Lipinski definition) is 1. The Balaban J connectivity index is 0.00000192. The van der Waals surface area contributed by atoms with Crippen LogP contribution in [0, 0.1) is 0 Å². The zero-order chi connectivity index (χ0) is 15.4. The molecule has 0 unspecified atom stereocenters. The van der Waals surface area contributed by atoms with Gasteiger partial charge in [-0.2, -0.15) is 0 Å². The molecule has 3 nitrogen and oxygen atoms in total. The Kier molecular flexibility index (Phi) is 6.63. The van der Waals surface area contributed by atoms with Crippen LogP contribution in [0.25, 0.3) is 0 Å². The van der Waals surface area contributed by atoms with E-state index in [1.165, 1.54) is 23.3 Å². The maximum Gasteiger partial charge on any atom is 0.264 e. The molecule has 0 spiro atoms. The average Bonchev–Trinajstić information content (AvgIpc) is 2.99. The second-order valence-corrected chi connectivity index (χ2v) is 6.90. The first-order valence-corrected chi connectivity index (χ1v) is 8.74. The molecule has 5 heteroatoms. The molecular weight excluding hydrogens is 328 g/mol. The van der Waals surface area contributed by atoms with Crippen LogP contribution in [0.15, 0.2) is 36.4 Å². The lowest BCUT2D eigenvalue weighted by atomic mass is 9.99. The van der Waals surface area contributed by atoms with E-state index in [0.29, 0.717) is 19.6 Å². The molecule has 0 saturated carbocycles. The highest BCUT2D eigenvalue weighted by molar-refractivity contribution is 7.14. The van der Waals surface area contributed by atoms with Crippen molar-refractivity contribution in [1.82, 2.24) is 4.90 Å². The van der Waals surface area contributed by atoms with Gasteiger partial charge in [0.2, 0.25) is 0 Å². The maximum atomic E-state index is 12.8. The third-order valence-electron chi connectivity index (χ3n) is 4.11. The fourth-order valence-corrected chi connectivity index (χ4v) is 4.19. The Morgan fingerprint density at radius 1 is 1.17 bits per heavy atom. The standard InChI is InChI=1S/C18H22N2OS.ClH/c19-10-11-20(13-14-6-2-1-3-7-14)18(21)17-12-15-8-4-5-9-16(15)22-17;/h1-3,6-7,12H,4-5,8-11,13,19H2;1H. The minimum atomic E-state index is 0. The van der Waals surface area contributed by atoms with Crippen molar-refractivity contribution in [2.75, 3.05) is 13.1 Å². The van der Waals surface area contributed by atoms with Crippen LogP contribution in [0.5, 0.6) is 0 Å². The average molecular weight is 351 g/mol. The van der Waals surface area contributed by atoms with Crippen molar-refractivity contribution in [3.8, 4) is 0 Å². The van der Waals surface area contributed by atoms with Gasteiger partial charge in [0, 0.05) is 24.5 Å². The van der Waals surface area contributed by atoms with Crippen molar-refractivity contribution in [1.29, 1.82) is 0 Å². The molecule has 1 heterocycles. The van der Waals surface area contributed by atoms with Gasteiger partial charge in [-0.3, -0.25) is 4.79 Å². The van der Waals surface area contributed by atoms with Gasteiger partial charge >= 0.3 is 0 Å². The Labute approximate surface area is 147 Å². The van der Waals surface area contributed by atoms with E-state index in [1.807, 2.05) is 23.1 Å². The molecule has 0 aliphatic heterocycles. The topological polar surface area (TPSA) is 46.3 Å². The van der Waals surface area contributed by atoms with Crippen molar-refractivity contribution in [3.63, 3.8) is 0 Å². The largest absolute Gasteiger partial charge is 0.332 e. The minimum Gasteiger partial charge on any atom is -0.332 e. The van der Waals surface area contributed by atoms with Crippen molar-refractivity contribution in [3.05, 3.63) is 57.3 Å². The van der Waals surface area contributed by atoms with E-state index < -0.39 is 0 Å². The van der Waals surface area contributed by atoms with E-state index in [1.54, 1.807) is 11.3 Å². The smallest absolute Gasteiger partial charge is 0.264 e. The number of halogens is 1. The van der Waals surface area contributed by atoms with Crippen LogP contribution < -0.4 is 5.73 Å². The van der Waals surface area contributed by atoms with E-state index in [0.717, 1.165) is 23.3 Å². The second-order valence-electron chi connectivity index (χ2n) is 5.77.